The van der Waals surface area contributed by atoms with E-state index in [1.54, 1.807) is 0 Å². The highest BCUT2D eigenvalue weighted by molar-refractivity contribution is 6.11. The molecule has 11 rings (SSSR count). The number of fused-ring (bicyclic) bond motifs is 13. The minimum absolute atomic E-state index is 0.851. The molecule has 7 nitrogen and oxygen atoms in total. The number of hydrogen-bond acceptors (Lipinski definition) is 4. The van der Waals surface area contributed by atoms with Crippen LogP contribution >= 0.6 is 0 Å². The van der Waals surface area contributed by atoms with E-state index < -0.39 is 0 Å². The van der Waals surface area contributed by atoms with E-state index in [0.717, 1.165) is 89.2 Å². The summed E-state index contributed by atoms with van der Waals surface area (Å²) in [4.78, 5) is 12.6. The lowest BCUT2D eigenvalue weighted by Gasteiger charge is -2.25. The van der Waals surface area contributed by atoms with E-state index >= 15 is 0 Å². The molecule has 0 amide bonds. The van der Waals surface area contributed by atoms with E-state index in [0.29, 0.717) is 0 Å². The standard InChI is InChI=1S/C38H22N6O/c1-2-11-23(12-3-1)41(31-19-10-14-26-25-13-4-9-20-34(25)45-36(26)31)24-21-32-35-33(22-24)43-30-18-8-6-16-28(30)40-38(43)44(35)37-39-27-15-5-7-17-29(27)42(32)37/h1-22H. The van der Waals surface area contributed by atoms with Gasteiger partial charge in [0.05, 0.1) is 44.5 Å². The van der Waals surface area contributed by atoms with Crippen LogP contribution in [0.1, 0.15) is 0 Å². The zero-order valence-corrected chi connectivity index (χ0v) is 23.8. The Balaban J connectivity index is 1.33. The highest BCUT2D eigenvalue weighted by Gasteiger charge is 2.27. The summed E-state index contributed by atoms with van der Waals surface area (Å²) in [6, 6.07) is 46.4. The van der Waals surface area contributed by atoms with E-state index in [2.05, 4.69) is 127 Å². The largest absolute Gasteiger partial charge is 0.454 e. The predicted molar refractivity (Wildman–Crippen MR) is 181 cm³/mol. The maximum absolute atomic E-state index is 6.59. The Morgan fingerprint density at radius 2 is 1.09 bits per heavy atom. The summed E-state index contributed by atoms with van der Waals surface area (Å²) in [6.07, 6.45) is 0. The van der Waals surface area contributed by atoms with Gasteiger partial charge in [0, 0.05) is 16.5 Å². The van der Waals surface area contributed by atoms with Crippen molar-refractivity contribution in [2.45, 2.75) is 0 Å². The number of anilines is 3. The van der Waals surface area contributed by atoms with Crippen LogP contribution in [-0.2, 0) is 0 Å². The molecule has 0 atom stereocenters. The summed E-state index contributed by atoms with van der Waals surface area (Å²) in [6.45, 7) is 0. The van der Waals surface area contributed by atoms with Crippen LogP contribution in [-0.4, -0.2) is 23.2 Å². The molecule has 5 heterocycles. The summed E-state index contributed by atoms with van der Waals surface area (Å²) < 4.78 is 13.3. The van der Waals surface area contributed by atoms with Gasteiger partial charge in [-0.25, -0.2) is 14.4 Å². The third kappa shape index (κ3) is 2.89. The normalized spacial score (nSPS) is 12.4. The second kappa shape index (κ2) is 8.18. The van der Waals surface area contributed by atoms with Gasteiger partial charge in [0.2, 0.25) is 11.6 Å². The molecule has 0 bridgehead atoms. The summed E-state index contributed by atoms with van der Waals surface area (Å²) in [5.74, 6) is 1.70. The van der Waals surface area contributed by atoms with Gasteiger partial charge in [-0.15, -0.1) is 0 Å². The molecule has 0 aliphatic rings. The molecule has 0 aliphatic carbocycles. The van der Waals surface area contributed by atoms with Crippen molar-refractivity contribution < 1.29 is 4.42 Å². The van der Waals surface area contributed by atoms with Gasteiger partial charge < -0.3 is 9.32 Å². The third-order valence-electron chi connectivity index (χ3n) is 9.14. The molecule has 11 aromatic rings. The maximum atomic E-state index is 6.59. The molecule has 0 spiro atoms. The number of hydrogen-bond donors (Lipinski definition) is 0. The van der Waals surface area contributed by atoms with Crippen molar-refractivity contribution in [3.05, 3.63) is 133 Å². The van der Waals surface area contributed by atoms with Crippen LogP contribution in [0.5, 0.6) is 0 Å². The molecule has 0 radical (unpaired) electrons. The quantitative estimate of drug-likeness (QED) is 0.210. The highest BCUT2D eigenvalue weighted by Crippen LogP contribution is 2.44. The lowest BCUT2D eigenvalue weighted by atomic mass is 10.1. The molecule has 0 N–H and O–H groups in total. The minimum atomic E-state index is 0.851. The van der Waals surface area contributed by atoms with Gasteiger partial charge in [0.1, 0.15) is 11.1 Å². The second-order valence-electron chi connectivity index (χ2n) is 11.6. The molecule has 0 aliphatic heterocycles. The number of benzene rings is 6. The van der Waals surface area contributed by atoms with Crippen molar-refractivity contribution >= 4 is 89.2 Å². The molecule has 0 saturated carbocycles. The molecule has 210 valence electrons. The first-order valence-electron chi connectivity index (χ1n) is 15.0. The lowest BCUT2D eigenvalue weighted by molar-refractivity contribution is 0.669. The highest BCUT2D eigenvalue weighted by atomic mass is 16.3. The Kier molecular flexibility index (Phi) is 4.21. The Bertz CT molecular complexity index is 2830. The minimum Gasteiger partial charge on any atom is -0.454 e. The third-order valence-corrected chi connectivity index (χ3v) is 9.14. The number of rotatable bonds is 3. The first kappa shape index (κ1) is 23.2. The van der Waals surface area contributed by atoms with E-state index in [1.165, 1.54) is 0 Å². The Morgan fingerprint density at radius 3 is 1.80 bits per heavy atom. The molecular formula is C38H22N6O. The Hall–Kier alpha value is -6.34. The number of imidazole rings is 4. The number of furan rings is 1. The van der Waals surface area contributed by atoms with Gasteiger partial charge in [-0.05, 0) is 60.7 Å². The first-order chi connectivity index (χ1) is 22.3. The zero-order valence-electron chi connectivity index (χ0n) is 23.8. The predicted octanol–water partition coefficient (Wildman–Crippen LogP) is 9.50. The molecule has 7 heteroatoms. The van der Waals surface area contributed by atoms with Crippen LogP contribution in [0.3, 0.4) is 0 Å². The topological polar surface area (TPSA) is 55.4 Å². The molecular weight excluding hydrogens is 556 g/mol. The number of nitrogens with zero attached hydrogens (tertiary/aromatic N) is 6. The fraction of sp³-hybridized carbons (Fsp3) is 0. The summed E-state index contributed by atoms with van der Waals surface area (Å²) in [5.41, 5.74) is 12.0. The maximum Gasteiger partial charge on any atom is 0.223 e. The van der Waals surface area contributed by atoms with Crippen molar-refractivity contribution in [2.75, 3.05) is 4.90 Å². The fourth-order valence-corrected chi connectivity index (χ4v) is 7.29. The molecule has 0 fully saturated rings. The van der Waals surface area contributed by atoms with Crippen LogP contribution in [0, 0.1) is 0 Å². The lowest BCUT2D eigenvalue weighted by Crippen LogP contribution is -2.10. The molecule has 0 saturated heterocycles. The van der Waals surface area contributed by atoms with Crippen LogP contribution in [0.15, 0.2) is 138 Å². The van der Waals surface area contributed by atoms with E-state index in [4.69, 9.17) is 14.4 Å². The smallest absolute Gasteiger partial charge is 0.223 e. The van der Waals surface area contributed by atoms with Gasteiger partial charge in [-0.1, -0.05) is 72.8 Å². The van der Waals surface area contributed by atoms with Gasteiger partial charge in [-0.3, -0.25) is 8.80 Å². The van der Waals surface area contributed by atoms with E-state index in [9.17, 15) is 0 Å². The molecule has 0 unspecified atom stereocenters. The van der Waals surface area contributed by atoms with E-state index in [1.807, 2.05) is 24.3 Å². The fourth-order valence-electron chi connectivity index (χ4n) is 7.29. The molecule has 6 aromatic carbocycles. The van der Waals surface area contributed by atoms with Crippen molar-refractivity contribution in [3.63, 3.8) is 0 Å². The van der Waals surface area contributed by atoms with Crippen LogP contribution in [0.2, 0.25) is 0 Å². The summed E-state index contributed by atoms with van der Waals surface area (Å²) in [7, 11) is 0. The zero-order chi connectivity index (χ0) is 29.2. The average Bonchev–Trinajstić information content (AvgIpc) is 3.87. The number of para-hydroxylation sites is 7. The van der Waals surface area contributed by atoms with Crippen LogP contribution < -0.4 is 4.90 Å². The van der Waals surface area contributed by atoms with E-state index in [-0.39, 0.29) is 0 Å². The molecule has 45 heavy (non-hydrogen) atoms. The monoisotopic (exact) mass is 578 g/mol. The summed E-state index contributed by atoms with van der Waals surface area (Å²) in [5, 5.41) is 2.20. The van der Waals surface area contributed by atoms with Crippen molar-refractivity contribution in [2.24, 2.45) is 0 Å². The van der Waals surface area contributed by atoms with Crippen LogP contribution in [0.25, 0.3) is 72.1 Å². The van der Waals surface area contributed by atoms with Gasteiger partial charge >= 0.3 is 0 Å². The first-order valence-corrected chi connectivity index (χ1v) is 15.0. The Labute approximate surface area is 254 Å². The average molecular weight is 579 g/mol. The van der Waals surface area contributed by atoms with Crippen LogP contribution in [0.4, 0.5) is 17.1 Å². The van der Waals surface area contributed by atoms with Crippen molar-refractivity contribution in [1.82, 2.24) is 23.2 Å². The van der Waals surface area contributed by atoms with Gasteiger partial charge in [0.25, 0.3) is 0 Å². The summed E-state index contributed by atoms with van der Waals surface area (Å²) >= 11 is 0. The Morgan fingerprint density at radius 1 is 0.489 bits per heavy atom. The van der Waals surface area contributed by atoms with Gasteiger partial charge in [0.15, 0.2) is 5.58 Å². The molecule has 5 aromatic heterocycles. The van der Waals surface area contributed by atoms with Crippen molar-refractivity contribution in [1.29, 1.82) is 0 Å². The van der Waals surface area contributed by atoms with Crippen molar-refractivity contribution in [3.8, 4) is 0 Å². The van der Waals surface area contributed by atoms with Gasteiger partial charge in [-0.2, -0.15) is 0 Å². The second-order valence-corrected chi connectivity index (χ2v) is 11.6. The number of aromatic nitrogens is 5. The SMILES string of the molecule is c1ccc(N(c2cc3c4c(c2)n2c5ccccc5nc2n4c2nc4ccccc4n32)c2cccc3c2oc2ccccc23)cc1.